The Labute approximate surface area is 236 Å². The predicted octanol–water partition coefficient (Wildman–Crippen LogP) is 4.25. The quantitative estimate of drug-likeness (QED) is 0.376. The number of likely N-dealkylation sites (tertiary alicyclic amines) is 1. The summed E-state index contributed by atoms with van der Waals surface area (Å²) in [6.07, 6.45) is 4.29. The molecule has 2 N–H and O–H groups in total. The molecule has 5 heterocycles. The zero-order valence-electron chi connectivity index (χ0n) is 22.6. The molecule has 0 bridgehead atoms. The Balaban J connectivity index is 1.06. The van der Waals surface area contributed by atoms with E-state index in [1.54, 1.807) is 18.5 Å². The Hall–Kier alpha value is -3.89. The van der Waals surface area contributed by atoms with E-state index in [1.807, 2.05) is 49.9 Å². The number of piperidine rings is 1. The van der Waals surface area contributed by atoms with E-state index in [4.69, 9.17) is 20.2 Å². The molecule has 204 valence electrons. The summed E-state index contributed by atoms with van der Waals surface area (Å²) in [5.74, 6) is 2.63. The minimum Gasteiger partial charge on any atom is -0.493 e. The van der Waals surface area contributed by atoms with Crippen molar-refractivity contribution in [3.63, 3.8) is 0 Å². The van der Waals surface area contributed by atoms with Gasteiger partial charge in [0.05, 0.1) is 18.0 Å². The maximum atomic E-state index is 13.4. The molecule has 3 aromatic heterocycles. The first-order chi connectivity index (χ1) is 19.2. The Morgan fingerprint density at radius 1 is 1.12 bits per heavy atom. The van der Waals surface area contributed by atoms with Crippen molar-refractivity contribution in [3.8, 4) is 33.7 Å². The summed E-state index contributed by atoms with van der Waals surface area (Å²) in [4.78, 5) is 33.9. The zero-order chi connectivity index (χ0) is 27.6. The van der Waals surface area contributed by atoms with Gasteiger partial charge in [0.1, 0.15) is 16.7 Å². The summed E-state index contributed by atoms with van der Waals surface area (Å²) in [7, 11) is 0. The first kappa shape index (κ1) is 25.1. The summed E-state index contributed by atoms with van der Waals surface area (Å²) in [5.41, 5.74) is 10.7. The van der Waals surface area contributed by atoms with Gasteiger partial charge in [0.15, 0.2) is 10.8 Å². The summed E-state index contributed by atoms with van der Waals surface area (Å²) in [5, 5.41) is 0.660. The molecule has 1 aromatic carbocycles. The van der Waals surface area contributed by atoms with E-state index >= 15 is 0 Å². The van der Waals surface area contributed by atoms with Gasteiger partial charge in [-0.25, -0.2) is 19.9 Å². The topological polar surface area (TPSA) is 116 Å². The van der Waals surface area contributed by atoms with Crippen molar-refractivity contribution in [3.05, 3.63) is 70.5 Å². The number of carbonyl (C=O) groups excluding carboxylic acids is 1. The molecule has 4 aromatic rings. The van der Waals surface area contributed by atoms with Crippen LogP contribution < -0.4 is 15.2 Å². The number of fused-ring (bicyclic) bond motifs is 2. The van der Waals surface area contributed by atoms with Crippen LogP contribution in [-0.2, 0) is 12.0 Å². The molecular weight excluding hydrogens is 524 g/mol. The molecule has 10 heteroatoms. The van der Waals surface area contributed by atoms with Crippen LogP contribution in [0.1, 0.15) is 40.3 Å². The van der Waals surface area contributed by atoms with Gasteiger partial charge in [0.2, 0.25) is 5.88 Å². The van der Waals surface area contributed by atoms with E-state index in [1.165, 1.54) is 16.9 Å². The van der Waals surface area contributed by atoms with Crippen LogP contribution in [0.4, 0.5) is 0 Å². The molecule has 0 spiro atoms. The van der Waals surface area contributed by atoms with Crippen LogP contribution in [0.3, 0.4) is 0 Å². The highest BCUT2D eigenvalue weighted by Gasteiger charge is 2.59. The van der Waals surface area contributed by atoms with Crippen molar-refractivity contribution in [2.45, 2.75) is 38.8 Å². The second-order valence-electron chi connectivity index (χ2n) is 11.3. The third kappa shape index (κ3) is 4.50. The molecule has 0 radical (unpaired) electrons. The Morgan fingerprint density at radius 3 is 2.65 bits per heavy atom. The molecule has 2 aliphatic heterocycles. The average Bonchev–Trinajstić information content (AvgIpc) is 3.40. The van der Waals surface area contributed by atoms with E-state index in [0.717, 1.165) is 29.0 Å². The summed E-state index contributed by atoms with van der Waals surface area (Å²) in [6, 6.07) is 12.0. The lowest BCUT2D eigenvalue weighted by Gasteiger charge is -2.22. The minimum atomic E-state index is -0.547. The fraction of sp³-hybridized carbons (Fsp3) is 0.367. The number of pyridine rings is 1. The van der Waals surface area contributed by atoms with Crippen molar-refractivity contribution in [1.82, 2.24) is 24.8 Å². The highest BCUT2D eigenvalue weighted by atomic mass is 32.1. The molecule has 1 saturated heterocycles. The van der Waals surface area contributed by atoms with Gasteiger partial charge in [-0.05, 0) is 62.2 Å². The third-order valence-corrected chi connectivity index (χ3v) is 9.08. The minimum absolute atomic E-state index is 0.0102. The van der Waals surface area contributed by atoms with Crippen LogP contribution in [0.5, 0.6) is 11.6 Å². The van der Waals surface area contributed by atoms with E-state index in [0.29, 0.717) is 47.0 Å². The average molecular weight is 555 g/mol. The normalized spacial score (nSPS) is 21.1. The zero-order valence-corrected chi connectivity index (χ0v) is 23.4. The summed E-state index contributed by atoms with van der Waals surface area (Å²) in [6.45, 7) is 7.86. The molecule has 3 atom stereocenters. The number of amides is 1. The maximum absolute atomic E-state index is 13.4. The number of hydrogen-bond acceptors (Lipinski definition) is 9. The van der Waals surface area contributed by atoms with E-state index in [2.05, 4.69) is 21.0 Å². The smallest absolute Gasteiger partial charge is 0.265 e. The van der Waals surface area contributed by atoms with Gasteiger partial charge >= 0.3 is 0 Å². The largest absolute Gasteiger partial charge is 0.493 e. The molecular formula is C30H30N6O3S. The number of aromatic nitrogens is 4. The number of carbonyl (C=O) groups is 1. The highest BCUT2D eigenvalue weighted by Crippen LogP contribution is 2.48. The van der Waals surface area contributed by atoms with Crippen LogP contribution in [0.2, 0.25) is 0 Å². The number of benzene rings is 1. The summed E-state index contributed by atoms with van der Waals surface area (Å²) < 4.78 is 12.1. The second kappa shape index (κ2) is 9.35. The van der Waals surface area contributed by atoms with Gasteiger partial charge in [0.25, 0.3) is 5.91 Å². The Bertz CT molecular complexity index is 1600. The summed E-state index contributed by atoms with van der Waals surface area (Å²) >= 11 is 1.35. The lowest BCUT2D eigenvalue weighted by molar-refractivity contribution is 0.0755. The van der Waals surface area contributed by atoms with Gasteiger partial charge in [0, 0.05) is 60.9 Å². The van der Waals surface area contributed by atoms with E-state index in [9.17, 15) is 4.79 Å². The number of thiazole rings is 1. The number of rotatable bonds is 6. The van der Waals surface area contributed by atoms with Crippen LogP contribution in [-0.4, -0.2) is 56.5 Å². The van der Waals surface area contributed by atoms with Crippen molar-refractivity contribution in [2.24, 2.45) is 17.6 Å². The number of ether oxygens (including phenoxy) is 2. The van der Waals surface area contributed by atoms with Crippen LogP contribution >= 0.6 is 11.3 Å². The molecule has 2 fully saturated rings. The van der Waals surface area contributed by atoms with E-state index < -0.39 is 5.54 Å². The van der Waals surface area contributed by atoms with Crippen LogP contribution in [0.15, 0.2) is 48.8 Å². The molecule has 1 aliphatic carbocycles. The fourth-order valence-electron chi connectivity index (χ4n) is 5.63. The highest BCUT2D eigenvalue weighted by molar-refractivity contribution is 7.17. The standard InChI is InChI=1S/C30H30N6O3S/c1-16-26(40-28(34-16)27-32-8-4-9-33-27)29(37)36-14-20-21(15-36)25(20)39-24-13-19(30(2,3)31)12-22(35-24)17-5-6-23-18(11-17)7-10-38-23/h4-6,8-9,11-13,20-21,25H,7,10,14-15,31H2,1-3H3/t20-,21+,25-. The van der Waals surface area contributed by atoms with Gasteiger partial charge in [-0.2, -0.15) is 0 Å². The first-order valence-corrected chi connectivity index (χ1v) is 14.3. The van der Waals surface area contributed by atoms with Crippen molar-refractivity contribution >= 4 is 17.2 Å². The van der Waals surface area contributed by atoms with Gasteiger partial charge in [-0.1, -0.05) is 0 Å². The second-order valence-corrected chi connectivity index (χ2v) is 12.3. The number of hydrogen-bond donors (Lipinski definition) is 1. The molecule has 0 unspecified atom stereocenters. The van der Waals surface area contributed by atoms with Crippen LogP contribution in [0, 0.1) is 18.8 Å². The lowest BCUT2D eigenvalue weighted by atomic mass is 9.94. The Morgan fingerprint density at radius 2 is 1.90 bits per heavy atom. The molecule has 1 amide bonds. The molecule has 9 nitrogen and oxygen atoms in total. The van der Waals surface area contributed by atoms with Crippen molar-refractivity contribution in [2.75, 3.05) is 19.7 Å². The Kier molecular flexibility index (Phi) is 5.87. The molecule has 7 rings (SSSR count). The van der Waals surface area contributed by atoms with E-state index in [-0.39, 0.29) is 23.8 Å². The maximum Gasteiger partial charge on any atom is 0.265 e. The SMILES string of the molecule is Cc1nc(-c2ncccn2)sc1C(=O)N1C[C@@H]2[C@H](C1)[C@@H]2Oc1cc(C(C)(C)N)cc(-c2ccc3c(c2)CCO3)n1. The first-order valence-electron chi connectivity index (χ1n) is 13.5. The number of nitrogens with zero attached hydrogens (tertiary/aromatic N) is 5. The van der Waals surface area contributed by atoms with Crippen molar-refractivity contribution in [1.29, 1.82) is 0 Å². The lowest BCUT2D eigenvalue weighted by Crippen LogP contribution is -2.33. The third-order valence-electron chi connectivity index (χ3n) is 7.94. The molecule has 3 aliphatic rings. The number of aryl methyl sites for hydroxylation is 1. The van der Waals surface area contributed by atoms with Crippen molar-refractivity contribution < 1.29 is 14.3 Å². The molecule has 1 saturated carbocycles. The number of nitrogens with two attached hydrogens (primary N) is 1. The monoisotopic (exact) mass is 554 g/mol. The van der Waals surface area contributed by atoms with Crippen LogP contribution in [0.25, 0.3) is 22.1 Å². The predicted molar refractivity (Wildman–Crippen MR) is 151 cm³/mol. The fourth-order valence-corrected chi connectivity index (χ4v) is 6.61. The van der Waals surface area contributed by atoms with Gasteiger partial charge in [-0.15, -0.1) is 11.3 Å². The van der Waals surface area contributed by atoms with Gasteiger partial charge in [-0.3, -0.25) is 4.79 Å². The molecule has 40 heavy (non-hydrogen) atoms. The van der Waals surface area contributed by atoms with Gasteiger partial charge < -0.3 is 20.1 Å².